The van der Waals surface area contributed by atoms with Crippen molar-refractivity contribution in [3.63, 3.8) is 0 Å². The summed E-state index contributed by atoms with van der Waals surface area (Å²) >= 11 is 3.25. The molecule has 1 rings (SSSR count). The lowest BCUT2D eigenvalue weighted by molar-refractivity contribution is 0.425. The zero-order chi connectivity index (χ0) is 9.84. The van der Waals surface area contributed by atoms with E-state index in [-0.39, 0.29) is 0 Å². The molecule has 0 atom stereocenters. The number of alkyl halides is 1. The van der Waals surface area contributed by atoms with Gasteiger partial charge in [-0.3, -0.25) is 5.84 Å². The van der Waals surface area contributed by atoms with Gasteiger partial charge in [0.15, 0.2) is 0 Å². The number of rotatable bonds is 3. The molecule has 0 spiro atoms. The van der Waals surface area contributed by atoms with Gasteiger partial charge in [0.2, 0.25) is 0 Å². The van der Waals surface area contributed by atoms with Crippen LogP contribution in [0.4, 0.5) is 5.69 Å². The Morgan fingerprint density at radius 2 is 2.15 bits per heavy atom. The van der Waals surface area contributed by atoms with Crippen molar-refractivity contribution in [2.24, 2.45) is 5.84 Å². The lowest BCUT2D eigenvalue weighted by Gasteiger charge is -2.08. The van der Waals surface area contributed by atoms with Crippen LogP contribution in [0.15, 0.2) is 18.2 Å². The first-order valence-electron chi connectivity index (χ1n) is 3.70. The first-order valence-corrected chi connectivity index (χ1v) is 4.82. The quantitative estimate of drug-likeness (QED) is 0.251. The van der Waals surface area contributed by atoms with E-state index < -0.39 is 7.12 Å². The van der Waals surface area contributed by atoms with E-state index in [4.69, 9.17) is 15.9 Å². The number of hydrazine groups is 1. The molecule has 0 saturated heterocycles. The molecule has 0 saturated carbocycles. The van der Waals surface area contributed by atoms with Gasteiger partial charge in [-0.1, -0.05) is 22.0 Å². The lowest BCUT2D eigenvalue weighted by Crippen LogP contribution is -2.33. The Balaban J connectivity index is 3.10. The summed E-state index contributed by atoms with van der Waals surface area (Å²) in [5.41, 5.74) is 4.36. The molecular weight excluding hydrogens is 235 g/mol. The highest BCUT2D eigenvalue weighted by Crippen LogP contribution is 2.09. The molecular formula is C7H10BBrN2O2. The Morgan fingerprint density at radius 3 is 2.62 bits per heavy atom. The number of hydrogen-bond acceptors (Lipinski definition) is 4. The Labute approximate surface area is 85.0 Å². The van der Waals surface area contributed by atoms with Crippen molar-refractivity contribution in [3.8, 4) is 0 Å². The first-order chi connectivity index (χ1) is 6.19. The number of hydrogen-bond donors (Lipinski definition) is 4. The molecule has 0 aromatic heterocycles. The molecule has 13 heavy (non-hydrogen) atoms. The summed E-state index contributed by atoms with van der Waals surface area (Å²) in [5.74, 6) is 5.19. The molecule has 1 aromatic carbocycles. The van der Waals surface area contributed by atoms with Gasteiger partial charge in [0, 0.05) is 11.0 Å². The van der Waals surface area contributed by atoms with Crippen molar-refractivity contribution in [2.75, 3.05) is 5.43 Å². The van der Waals surface area contributed by atoms with E-state index in [1.165, 1.54) is 0 Å². The fraction of sp³-hybridized carbons (Fsp3) is 0.143. The number of halogens is 1. The van der Waals surface area contributed by atoms with E-state index in [9.17, 15) is 0 Å². The van der Waals surface area contributed by atoms with E-state index in [2.05, 4.69) is 21.4 Å². The normalized spacial score (nSPS) is 9.85. The van der Waals surface area contributed by atoms with Crippen LogP contribution >= 0.6 is 15.9 Å². The van der Waals surface area contributed by atoms with Gasteiger partial charge in [-0.05, 0) is 23.2 Å². The van der Waals surface area contributed by atoms with Crippen molar-refractivity contribution < 1.29 is 10.0 Å². The standard InChI is InChI=1S/C7H10BBrN2O2/c9-4-5-1-2-6(11-10)3-7(5)8(12)13/h1-3,11-13H,4,10H2. The van der Waals surface area contributed by atoms with E-state index in [0.29, 0.717) is 16.5 Å². The second-order valence-electron chi connectivity index (χ2n) is 2.57. The van der Waals surface area contributed by atoms with Crippen LogP contribution in [0.25, 0.3) is 0 Å². The molecule has 4 nitrogen and oxygen atoms in total. The van der Waals surface area contributed by atoms with Crippen LogP contribution in [0, 0.1) is 0 Å². The Hall–Kier alpha value is -0.555. The molecule has 0 aliphatic rings. The van der Waals surface area contributed by atoms with E-state index in [1.807, 2.05) is 0 Å². The van der Waals surface area contributed by atoms with Gasteiger partial charge in [0.05, 0.1) is 0 Å². The lowest BCUT2D eigenvalue weighted by atomic mass is 9.77. The summed E-state index contributed by atoms with van der Waals surface area (Å²) in [7, 11) is -1.47. The zero-order valence-electron chi connectivity index (χ0n) is 6.87. The van der Waals surface area contributed by atoms with Crippen molar-refractivity contribution in [2.45, 2.75) is 5.33 Å². The fourth-order valence-electron chi connectivity index (χ4n) is 1.05. The SMILES string of the molecule is NNc1ccc(CBr)c(B(O)O)c1. The zero-order valence-corrected chi connectivity index (χ0v) is 8.45. The second-order valence-corrected chi connectivity index (χ2v) is 3.13. The molecule has 0 aliphatic heterocycles. The molecule has 5 N–H and O–H groups in total. The number of nitrogens with two attached hydrogens (primary N) is 1. The molecule has 1 aromatic rings. The summed E-state index contributed by atoms with van der Waals surface area (Å²) in [4.78, 5) is 0. The van der Waals surface area contributed by atoms with Gasteiger partial charge in [-0.15, -0.1) is 0 Å². The highest BCUT2D eigenvalue weighted by atomic mass is 79.9. The molecule has 0 radical (unpaired) electrons. The number of nitrogen functional groups attached to an aromatic ring is 1. The minimum absolute atomic E-state index is 0.451. The number of anilines is 1. The van der Waals surface area contributed by atoms with Crippen LogP contribution in [0.3, 0.4) is 0 Å². The van der Waals surface area contributed by atoms with Gasteiger partial charge in [0.1, 0.15) is 0 Å². The third-order valence-electron chi connectivity index (χ3n) is 1.73. The molecule has 0 unspecified atom stereocenters. The third kappa shape index (κ3) is 2.44. The van der Waals surface area contributed by atoms with E-state index in [1.54, 1.807) is 18.2 Å². The monoisotopic (exact) mass is 244 g/mol. The number of nitrogens with one attached hydrogen (secondary N) is 1. The maximum absolute atomic E-state index is 9.02. The van der Waals surface area contributed by atoms with Gasteiger partial charge >= 0.3 is 7.12 Å². The van der Waals surface area contributed by atoms with E-state index >= 15 is 0 Å². The predicted octanol–water partition coefficient (Wildman–Crippen LogP) is -0.453. The molecule has 70 valence electrons. The largest absolute Gasteiger partial charge is 0.488 e. The van der Waals surface area contributed by atoms with Crippen molar-refractivity contribution in [1.29, 1.82) is 0 Å². The Bertz CT molecular complexity index is 296. The average Bonchev–Trinajstić information content (AvgIpc) is 2.16. The van der Waals surface area contributed by atoms with Gasteiger partial charge < -0.3 is 15.5 Å². The minimum atomic E-state index is -1.47. The van der Waals surface area contributed by atoms with Crippen molar-refractivity contribution >= 4 is 34.2 Å². The second kappa shape index (κ2) is 4.62. The summed E-state index contributed by atoms with van der Waals surface area (Å²) in [6.07, 6.45) is 0. The van der Waals surface area contributed by atoms with E-state index in [0.717, 1.165) is 5.56 Å². The molecule has 0 bridgehead atoms. The molecule has 0 heterocycles. The van der Waals surface area contributed by atoms with Gasteiger partial charge in [-0.25, -0.2) is 0 Å². The summed E-state index contributed by atoms with van der Waals surface area (Å²) in [6, 6.07) is 5.14. The maximum atomic E-state index is 9.02. The van der Waals surface area contributed by atoms with Crippen molar-refractivity contribution in [1.82, 2.24) is 0 Å². The highest BCUT2D eigenvalue weighted by molar-refractivity contribution is 9.08. The molecule has 0 aliphatic carbocycles. The third-order valence-corrected chi connectivity index (χ3v) is 2.34. The molecule has 6 heteroatoms. The number of benzene rings is 1. The smallest absolute Gasteiger partial charge is 0.423 e. The van der Waals surface area contributed by atoms with Crippen LogP contribution in [-0.2, 0) is 5.33 Å². The van der Waals surface area contributed by atoms with Crippen LogP contribution in [0.5, 0.6) is 0 Å². The minimum Gasteiger partial charge on any atom is -0.423 e. The van der Waals surface area contributed by atoms with Crippen LogP contribution in [0.1, 0.15) is 5.56 Å². The molecule has 0 amide bonds. The van der Waals surface area contributed by atoms with Gasteiger partial charge in [-0.2, -0.15) is 0 Å². The summed E-state index contributed by atoms with van der Waals surface area (Å²) in [5, 5.41) is 18.6. The van der Waals surface area contributed by atoms with Crippen LogP contribution < -0.4 is 16.7 Å². The topological polar surface area (TPSA) is 78.5 Å². The summed E-state index contributed by atoms with van der Waals surface area (Å²) in [6.45, 7) is 0. The van der Waals surface area contributed by atoms with Crippen molar-refractivity contribution in [3.05, 3.63) is 23.8 Å². The average molecular weight is 245 g/mol. The summed E-state index contributed by atoms with van der Waals surface area (Å²) < 4.78 is 0. The maximum Gasteiger partial charge on any atom is 0.488 e. The first kappa shape index (κ1) is 10.5. The molecule has 0 fully saturated rings. The highest BCUT2D eigenvalue weighted by Gasteiger charge is 2.15. The van der Waals surface area contributed by atoms with Crippen LogP contribution in [0.2, 0.25) is 0 Å². The fourth-order valence-corrected chi connectivity index (χ4v) is 1.56. The Morgan fingerprint density at radius 1 is 1.46 bits per heavy atom. The van der Waals surface area contributed by atoms with Gasteiger partial charge in [0.25, 0.3) is 0 Å². The van der Waals surface area contributed by atoms with Crippen LogP contribution in [-0.4, -0.2) is 17.2 Å². The Kier molecular flexibility index (Phi) is 3.74. The predicted molar refractivity (Wildman–Crippen MR) is 56.7 cm³/mol.